The molecule has 0 radical (unpaired) electrons. The minimum Gasteiger partial charge on any atom is -0.0625 e. The minimum absolute atomic E-state index is 0.835. The predicted molar refractivity (Wildman–Crippen MR) is 55.4 cm³/mol. The van der Waals surface area contributed by atoms with Crippen LogP contribution in [-0.4, -0.2) is 0 Å². The molecule has 0 aliphatic heterocycles. The molecule has 4 aliphatic rings. The second-order valence-electron chi connectivity index (χ2n) is 6.31. The van der Waals surface area contributed by atoms with Crippen molar-refractivity contribution in [3.8, 4) is 0 Å². The van der Waals surface area contributed by atoms with Crippen molar-refractivity contribution in [3.05, 3.63) is 0 Å². The summed E-state index contributed by atoms with van der Waals surface area (Å²) in [6.07, 6.45) is 6.28. The third kappa shape index (κ3) is 0.789. The van der Waals surface area contributed by atoms with Crippen LogP contribution in [0.3, 0.4) is 0 Å². The standard InChI is InChI=1S/C13H22/c1-8(2)12-11-5-4-9(3)13(12)6-10(11)7-13/h8-12H,4-7H2,1-3H3. The Morgan fingerprint density at radius 3 is 2.38 bits per heavy atom. The van der Waals surface area contributed by atoms with Gasteiger partial charge in [0.2, 0.25) is 0 Å². The topological polar surface area (TPSA) is 0 Å². The van der Waals surface area contributed by atoms with Gasteiger partial charge in [0.15, 0.2) is 0 Å². The van der Waals surface area contributed by atoms with Crippen LogP contribution in [0.25, 0.3) is 0 Å². The van der Waals surface area contributed by atoms with E-state index in [-0.39, 0.29) is 0 Å². The van der Waals surface area contributed by atoms with Gasteiger partial charge in [-0.2, -0.15) is 0 Å². The lowest BCUT2D eigenvalue weighted by Gasteiger charge is -2.48. The van der Waals surface area contributed by atoms with E-state index in [0.717, 1.165) is 35.0 Å². The van der Waals surface area contributed by atoms with E-state index in [1.165, 1.54) is 6.42 Å². The SMILES string of the molecule is CC(C)C1C2CCC(C)C13CC2C3. The van der Waals surface area contributed by atoms with Gasteiger partial charge in [-0.25, -0.2) is 0 Å². The third-order valence-electron chi connectivity index (χ3n) is 5.65. The van der Waals surface area contributed by atoms with Gasteiger partial charge in [0.1, 0.15) is 0 Å². The highest BCUT2D eigenvalue weighted by atomic mass is 14.7. The molecule has 3 atom stereocenters. The zero-order valence-corrected chi connectivity index (χ0v) is 9.22. The molecule has 13 heavy (non-hydrogen) atoms. The molecule has 0 heteroatoms. The summed E-state index contributed by atoms with van der Waals surface area (Å²) in [7, 11) is 0. The van der Waals surface area contributed by atoms with Crippen molar-refractivity contribution in [2.24, 2.45) is 35.0 Å². The molecular formula is C13H22. The Kier molecular flexibility index (Phi) is 1.49. The molecule has 0 aromatic heterocycles. The fraction of sp³-hybridized carbons (Fsp3) is 1.00. The fourth-order valence-electron chi connectivity index (χ4n) is 5.25. The molecule has 3 unspecified atom stereocenters. The molecule has 0 aromatic carbocycles. The molecule has 0 N–H and O–H groups in total. The maximum atomic E-state index is 2.52. The maximum absolute atomic E-state index is 2.52. The van der Waals surface area contributed by atoms with E-state index >= 15 is 0 Å². The molecule has 3 bridgehead atoms. The van der Waals surface area contributed by atoms with Crippen LogP contribution >= 0.6 is 0 Å². The molecule has 0 amide bonds. The highest BCUT2D eigenvalue weighted by Gasteiger charge is 2.66. The summed E-state index contributed by atoms with van der Waals surface area (Å²) in [5.41, 5.74) is 0.835. The Balaban J connectivity index is 1.97. The molecule has 4 aliphatic carbocycles. The van der Waals surface area contributed by atoms with Gasteiger partial charge in [-0.05, 0) is 60.7 Å². The first-order valence-electron chi connectivity index (χ1n) is 6.15. The van der Waals surface area contributed by atoms with Crippen LogP contribution in [0, 0.1) is 35.0 Å². The summed E-state index contributed by atoms with van der Waals surface area (Å²) in [5, 5.41) is 0. The number of hydrogen-bond donors (Lipinski definition) is 0. The lowest BCUT2D eigenvalue weighted by molar-refractivity contribution is 0.00447. The lowest BCUT2D eigenvalue weighted by atomic mass is 9.56. The molecule has 0 nitrogen and oxygen atoms in total. The summed E-state index contributed by atoms with van der Waals surface area (Å²) >= 11 is 0. The summed E-state index contributed by atoms with van der Waals surface area (Å²) < 4.78 is 0. The molecule has 4 fully saturated rings. The van der Waals surface area contributed by atoms with Crippen LogP contribution < -0.4 is 0 Å². The molecular weight excluding hydrogens is 156 g/mol. The van der Waals surface area contributed by atoms with Crippen molar-refractivity contribution in [1.82, 2.24) is 0 Å². The zero-order chi connectivity index (χ0) is 9.22. The summed E-state index contributed by atoms with van der Waals surface area (Å²) in [6.45, 7) is 7.43. The van der Waals surface area contributed by atoms with Gasteiger partial charge in [-0.15, -0.1) is 0 Å². The largest absolute Gasteiger partial charge is 0.0625 e. The Morgan fingerprint density at radius 2 is 1.85 bits per heavy atom. The average Bonchev–Trinajstić information content (AvgIpc) is 2.39. The second kappa shape index (κ2) is 2.32. The van der Waals surface area contributed by atoms with E-state index in [1.54, 1.807) is 19.3 Å². The molecule has 1 spiro atoms. The van der Waals surface area contributed by atoms with Gasteiger partial charge in [-0.3, -0.25) is 0 Å². The Bertz CT molecular complexity index is 222. The summed E-state index contributed by atoms with van der Waals surface area (Å²) in [6, 6.07) is 0. The van der Waals surface area contributed by atoms with Crippen molar-refractivity contribution in [2.45, 2.75) is 46.5 Å². The fourth-order valence-corrected chi connectivity index (χ4v) is 5.25. The second-order valence-corrected chi connectivity index (χ2v) is 6.31. The van der Waals surface area contributed by atoms with Crippen LogP contribution in [-0.2, 0) is 0 Å². The third-order valence-corrected chi connectivity index (χ3v) is 5.65. The van der Waals surface area contributed by atoms with Crippen molar-refractivity contribution >= 4 is 0 Å². The molecule has 0 aromatic rings. The lowest BCUT2D eigenvalue weighted by Crippen LogP contribution is -2.41. The first-order valence-corrected chi connectivity index (χ1v) is 6.15. The quantitative estimate of drug-likeness (QED) is 0.574. The molecule has 74 valence electrons. The molecule has 4 rings (SSSR count). The van der Waals surface area contributed by atoms with Crippen LogP contribution in [0.4, 0.5) is 0 Å². The van der Waals surface area contributed by atoms with E-state index in [9.17, 15) is 0 Å². The maximum Gasteiger partial charge on any atom is -0.0233 e. The van der Waals surface area contributed by atoms with Crippen LogP contribution in [0.1, 0.15) is 46.5 Å². The highest BCUT2D eigenvalue weighted by Crippen LogP contribution is 2.74. The van der Waals surface area contributed by atoms with Crippen LogP contribution in [0.15, 0.2) is 0 Å². The first-order chi connectivity index (χ1) is 6.15. The van der Waals surface area contributed by atoms with Crippen molar-refractivity contribution < 1.29 is 0 Å². The zero-order valence-electron chi connectivity index (χ0n) is 9.22. The molecule has 4 saturated carbocycles. The Hall–Kier alpha value is 0. The van der Waals surface area contributed by atoms with Crippen molar-refractivity contribution in [3.63, 3.8) is 0 Å². The summed E-state index contributed by atoms with van der Waals surface area (Å²) in [4.78, 5) is 0. The van der Waals surface area contributed by atoms with E-state index in [4.69, 9.17) is 0 Å². The van der Waals surface area contributed by atoms with Gasteiger partial charge in [0, 0.05) is 0 Å². The van der Waals surface area contributed by atoms with Gasteiger partial charge in [-0.1, -0.05) is 20.8 Å². The van der Waals surface area contributed by atoms with Gasteiger partial charge in [0.05, 0.1) is 0 Å². The molecule has 0 saturated heterocycles. The van der Waals surface area contributed by atoms with E-state index in [2.05, 4.69) is 20.8 Å². The number of hydrogen-bond acceptors (Lipinski definition) is 0. The van der Waals surface area contributed by atoms with E-state index in [0.29, 0.717) is 0 Å². The normalized spacial score (nSPS) is 58.2. The predicted octanol–water partition coefficient (Wildman–Crippen LogP) is 3.71. The monoisotopic (exact) mass is 178 g/mol. The Morgan fingerprint density at radius 1 is 1.15 bits per heavy atom. The van der Waals surface area contributed by atoms with Gasteiger partial charge >= 0.3 is 0 Å². The van der Waals surface area contributed by atoms with Gasteiger partial charge < -0.3 is 0 Å². The Labute approximate surface area is 82.1 Å². The van der Waals surface area contributed by atoms with Crippen molar-refractivity contribution in [2.75, 3.05) is 0 Å². The molecule has 0 heterocycles. The smallest absolute Gasteiger partial charge is 0.0233 e. The average molecular weight is 178 g/mol. The van der Waals surface area contributed by atoms with Crippen LogP contribution in [0.5, 0.6) is 0 Å². The summed E-state index contributed by atoms with van der Waals surface area (Å²) in [5.74, 6) is 5.37. The van der Waals surface area contributed by atoms with Gasteiger partial charge in [0.25, 0.3) is 0 Å². The van der Waals surface area contributed by atoms with E-state index in [1.807, 2.05) is 0 Å². The van der Waals surface area contributed by atoms with Crippen LogP contribution in [0.2, 0.25) is 0 Å². The first kappa shape index (κ1) is 8.32. The minimum atomic E-state index is 0.835. The van der Waals surface area contributed by atoms with E-state index < -0.39 is 0 Å². The number of rotatable bonds is 1. The van der Waals surface area contributed by atoms with Crippen molar-refractivity contribution in [1.29, 1.82) is 0 Å². The highest BCUT2D eigenvalue weighted by molar-refractivity contribution is 5.15.